The van der Waals surface area contributed by atoms with Crippen molar-refractivity contribution in [2.75, 3.05) is 26.4 Å². The molecule has 0 unspecified atom stereocenters. The van der Waals surface area contributed by atoms with Gasteiger partial charge in [0.25, 0.3) is 5.69 Å². The fourth-order valence-corrected chi connectivity index (χ4v) is 9.45. The van der Waals surface area contributed by atoms with Gasteiger partial charge in [0.05, 0.1) is 23.2 Å². The third-order valence-electron chi connectivity index (χ3n) is 12.2. The van der Waals surface area contributed by atoms with E-state index in [1.54, 1.807) is 41.3 Å². The van der Waals surface area contributed by atoms with Crippen LogP contribution in [0.2, 0.25) is 0 Å². The summed E-state index contributed by atoms with van der Waals surface area (Å²) in [6.45, 7) is 12.6. The van der Waals surface area contributed by atoms with Crippen LogP contribution in [0, 0.1) is 27.9 Å². The van der Waals surface area contributed by atoms with Gasteiger partial charge in [-0.2, -0.15) is 0 Å². The number of carbonyl (C=O) groups excluding carboxylic acids is 2. The number of hydrogen-bond donors (Lipinski definition) is 3. The lowest BCUT2D eigenvalue weighted by molar-refractivity contribution is -0.384. The van der Waals surface area contributed by atoms with Crippen molar-refractivity contribution in [3.8, 4) is 11.5 Å². The summed E-state index contributed by atoms with van der Waals surface area (Å²) >= 11 is 0. The van der Waals surface area contributed by atoms with E-state index >= 15 is 0 Å². The quantitative estimate of drug-likeness (QED) is 0.0307. The molecular formula is C51H64N4O10. The first kappa shape index (κ1) is 48.6. The lowest BCUT2D eigenvalue weighted by Gasteiger charge is -2.60. The number of aliphatic hydroxyl groups excluding tert-OH is 2. The second kappa shape index (κ2) is 22.4. The van der Waals surface area contributed by atoms with E-state index in [1.807, 2.05) is 64.1 Å². The number of nitrogens with zero attached hydrogens (tertiary/aromatic N) is 3. The number of non-ortho nitro benzene ring substituents is 1. The number of allylic oxidation sites excluding steroid dienone is 1. The van der Waals surface area contributed by atoms with Gasteiger partial charge in [0.1, 0.15) is 23.1 Å². The molecule has 0 aromatic heterocycles. The Hall–Kier alpha value is -5.83. The normalized spacial score (nSPS) is 22.8. The number of oxime groups is 1. The third-order valence-corrected chi connectivity index (χ3v) is 12.2. The van der Waals surface area contributed by atoms with Crippen LogP contribution < -0.4 is 14.8 Å². The zero-order valence-electron chi connectivity index (χ0n) is 38.0. The summed E-state index contributed by atoms with van der Waals surface area (Å²) in [5.41, 5.74) is 3.21. The Bertz CT molecular complexity index is 2200. The minimum atomic E-state index is -1.48. The fraction of sp³-hybridized carbons (Fsp3) is 0.471. The van der Waals surface area contributed by atoms with Gasteiger partial charge in [-0.15, -0.1) is 6.58 Å². The minimum Gasteiger partial charge on any atom is -0.459 e. The molecule has 3 aromatic rings. The molecule has 2 aliphatic carbocycles. The lowest BCUT2D eigenvalue weighted by Crippen LogP contribution is -2.70. The molecule has 1 aliphatic heterocycles. The van der Waals surface area contributed by atoms with Crippen molar-refractivity contribution in [3.05, 3.63) is 130 Å². The van der Waals surface area contributed by atoms with Gasteiger partial charge in [0.2, 0.25) is 11.7 Å². The largest absolute Gasteiger partial charge is 0.459 e. The standard InChI is InChI=1S/C51H64N4O10/c1-6-27-54(46(58)26-21-35-19-22-38(23-20-35)55(60)61)45-33-43(53-65-50(3,4)5)41-31-37(17-11-13-28-56)40(18-12-14-29-57)47-42-32-39(63-49(59)52-34-36-15-9-8-10-16-36)24-25-44(42)64-51(45,48(41)47)62-30-7-2/h7-10,15-16,19-26,31-32,37,40,45,47-48,56-57H,2,6,11-14,17-18,27-30,33-34H2,1,3-5H3,(H,52,59)/t37-,40+,45-,47+,48+,51+/m0/s1. The van der Waals surface area contributed by atoms with Gasteiger partial charge in [0.15, 0.2) is 0 Å². The molecule has 1 fully saturated rings. The van der Waals surface area contributed by atoms with Crippen LogP contribution in [0.25, 0.3) is 6.08 Å². The highest BCUT2D eigenvalue weighted by Crippen LogP contribution is 2.62. The zero-order valence-corrected chi connectivity index (χ0v) is 38.0. The topological polar surface area (TPSA) is 182 Å². The van der Waals surface area contributed by atoms with Crippen LogP contribution >= 0.6 is 0 Å². The van der Waals surface area contributed by atoms with Gasteiger partial charge in [-0.3, -0.25) is 14.9 Å². The average molecular weight is 893 g/mol. The number of fused-ring (bicyclic) bond motifs is 2. The van der Waals surface area contributed by atoms with Crippen molar-refractivity contribution in [1.29, 1.82) is 0 Å². The Kier molecular flexibility index (Phi) is 16.7. The van der Waals surface area contributed by atoms with Crippen molar-refractivity contribution in [2.45, 2.75) is 109 Å². The van der Waals surface area contributed by atoms with Crippen LogP contribution in [-0.2, 0) is 20.9 Å². The molecule has 1 saturated carbocycles. The van der Waals surface area contributed by atoms with Crippen molar-refractivity contribution < 1.29 is 43.8 Å². The average Bonchev–Trinajstić information content (AvgIpc) is 3.29. The van der Waals surface area contributed by atoms with E-state index in [1.165, 1.54) is 18.2 Å². The van der Waals surface area contributed by atoms with E-state index in [9.17, 15) is 29.9 Å². The predicted octanol–water partition coefficient (Wildman–Crippen LogP) is 9.27. The van der Waals surface area contributed by atoms with E-state index in [0.29, 0.717) is 48.6 Å². The number of hydrogen-bond acceptors (Lipinski definition) is 11. The van der Waals surface area contributed by atoms with Crippen LogP contribution in [0.1, 0.15) is 102 Å². The molecule has 14 nitrogen and oxygen atoms in total. The summed E-state index contributed by atoms with van der Waals surface area (Å²) in [4.78, 5) is 46.9. The van der Waals surface area contributed by atoms with Crippen LogP contribution in [0.4, 0.5) is 10.5 Å². The maximum atomic E-state index is 14.7. The molecule has 0 bridgehead atoms. The lowest BCUT2D eigenvalue weighted by atomic mass is 9.55. The number of amides is 2. The Morgan fingerprint density at radius 1 is 1.03 bits per heavy atom. The van der Waals surface area contributed by atoms with Crippen molar-refractivity contribution >= 4 is 29.5 Å². The predicted molar refractivity (Wildman–Crippen MR) is 249 cm³/mol. The molecule has 2 amide bonds. The van der Waals surface area contributed by atoms with E-state index in [0.717, 1.165) is 42.4 Å². The van der Waals surface area contributed by atoms with E-state index < -0.39 is 34.4 Å². The number of nitro groups is 1. The van der Waals surface area contributed by atoms with E-state index in [2.05, 4.69) is 18.0 Å². The van der Waals surface area contributed by atoms with Crippen molar-refractivity contribution in [2.24, 2.45) is 22.9 Å². The first-order valence-corrected chi connectivity index (χ1v) is 22.8. The summed E-state index contributed by atoms with van der Waals surface area (Å²) in [7, 11) is 0. The summed E-state index contributed by atoms with van der Waals surface area (Å²) in [6.07, 6.45) is 11.5. The van der Waals surface area contributed by atoms with Gasteiger partial charge in [-0.05, 0) is 118 Å². The van der Waals surface area contributed by atoms with Crippen LogP contribution in [0.5, 0.6) is 11.5 Å². The number of unbranched alkanes of at least 4 members (excludes halogenated alkanes) is 2. The molecule has 1 heterocycles. The number of nitro benzene ring substituents is 1. The van der Waals surface area contributed by atoms with Gasteiger partial charge < -0.3 is 39.5 Å². The Morgan fingerprint density at radius 2 is 1.75 bits per heavy atom. The maximum Gasteiger partial charge on any atom is 0.412 e. The molecule has 3 aliphatic rings. The van der Waals surface area contributed by atoms with Gasteiger partial charge in [0, 0.05) is 62.4 Å². The number of ether oxygens (including phenoxy) is 3. The highest BCUT2D eigenvalue weighted by atomic mass is 16.7. The van der Waals surface area contributed by atoms with Crippen LogP contribution in [0.15, 0.2) is 108 Å². The second-order valence-corrected chi connectivity index (χ2v) is 17.9. The summed E-state index contributed by atoms with van der Waals surface area (Å²) in [6, 6.07) is 20.2. The van der Waals surface area contributed by atoms with Crippen LogP contribution in [0.3, 0.4) is 0 Å². The number of aliphatic hydroxyl groups is 2. The number of nitrogens with one attached hydrogen (secondary N) is 1. The Labute approximate surface area is 382 Å². The molecule has 0 spiro atoms. The highest BCUT2D eigenvalue weighted by Gasteiger charge is 2.65. The fourth-order valence-electron chi connectivity index (χ4n) is 9.45. The Balaban J connectivity index is 1.52. The summed E-state index contributed by atoms with van der Waals surface area (Å²) in [5, 5.41) is 39.0. The summed E-state index contributed by atoms with van der Waals surface area (Å²) in [5.74, 6) is -1.85. The molecule has 3 aromatic carbocycles. The zero-order chi connectivity index (χ0) is 46.6. The molecule has 14 heteroatoms. The number of carbonyl (C=O) groups is 2. The highest BCUT2D eigenvalue weighted by molar-refractivity contribution is 6.03. The number of benzene rings is 3. The molecule has 0 radical (unpaired) electrons. The molecule has 0 saturated heterocycles. The smallest absolute Gasteiger partial charge is 0.412 e. The molecule has 6 atom stereocenters. The molecule has 6 rings (SSSR count). The van der Waals surface area contributed by atoms with E-state index in [4.69, 9.17) is 24.2 Å². The maximum absolute atomic E-state index is 14.7. The molecule has 65 heavy (non-hydrogen) atoms. The Morgan fingerprint density at radius 3 is 2.42 bits per heavy atom. The van der Waals surface area contributed by atoms with E-state index in [-0.39, 0.29) is 62.1 Å². The molecule has 3 N–H and O–H groups in total. The molecule has 348 valence electrons. The van der Waals surface area contributed by atoms with Gasteiger partial charge in [-0.25, -0.2) is 4.79 Å². The van der Waals surface area contributed by atoms with Crippen LogP contribution in [-0.4, -0.2) is 81.5 Å². The third kappa shape index (κ3) is 11.9. The first-order chi connectivity index (χ1) is 31.3. The van der Waals surface area contributed by atoms with Gasteiger partial charge >= 0.3 is 6.09 Å². The summed E-state index contributed by atoms with van der Waals surface area (Å²) < 4.78 is 20.3. The number of rotatable bonds is 21. The second-order valence-electron chi connectivity index (χ2n) is 17.9. The molecular weight excluding hydrogens is 829 g/mol. The minimum absolute atomic E-state index is 0.00712. The van der Waals surface area contributed by atoms with Gasteiger partial charge in [-0.1, -0.05) is 67.4 Å². The van der Waals surface area contributed by atoms with Crippen molar-refractivity contribution in [3.63, 3.8) is 0 Å². The van der Waals surface area contributed by atoms with Crippen molar-refractivity contribution in [1.82, 2.24) is 10.2 Å². The first-order valence-electron chi connectivity index (χ1n) is 22.8. The monoisotopic (exact) mass is 892 g/mol. The SMILES string of the molecule is C=CCO[C@@]12Oc3ccc(OC(=O)NCc4ccccc4)cc3[C@H]3[C@H](CCCCO)[C@@H](CCCCO)C=C(C(=NOC(C)(C)C)C[C@@H]1N(CCC)C(=O)C=Cc1ccc([N+](=O)[O-])cc1)[C@H]32.